The maximum absolute atomic E-state index is 13.6. The average molecular weight is 657 g/mol. The third-order valence-electron chi connectivity index (χ3n) is 7.95. The molecule has 0 aliphatic heterocycles. The molecule has 0 radical (unpaired) electrons. The predicted molar refractivity (Wildman–Crippen MR) is 182 cm³/mol. The molecule has 0 saturated carbocycles. The van der Waals surface area contributed by atoms with Gasteiger partial charge < -0.3 is 20.3 Å². The molecule has 1 aromatic carbocycles. The van der Waals surface area contributed by atoms with E-state index in [9.17, 15) is 29.4 Å². The van der Waals surface area contributed by atoms with Crippen molar-refractivity contribution >= 4 is 23.6 Å². The summed E-state index contributed by atoms with van der Waals surface area (Å²) in [6, 6.07) is 5.84. The largest absolute Gasteiger partial charge is 0.481 e. The minimum Gasteiger partial charge on any atom is -0.481 e. The lowest BCUT2D eigenvalue weighted by molar-refractivity contribution is -0.167. The van der Waals surface area contributed by atoms with Gasteiger partial charge >= 0.3 is 5.97 Å². The highest BCUT2D eigenvalue weighted by atomic mass is 16.6. The third kappa shape index (κ3) is 16.6. The summed E-state index contributed by atoms with van der Waals surface area (Å²) in [4.78, 5) is 55.6. The number of nitrogens with one attached hydrogen (secondary N) is 2. The zero-order valence-electron chi connectivity index (χ0n) is 28.8. The number of carbonyl (C=O) groups is 4. The van der Waals surface area contributed by atoms with Crippen molar-refractivity contribution in [2.24, 2.45) is 5.92 Å². The van der Waals surface area contributed by atoms with Crippen LogP contribution in [0, 0.1) is 17.8 Å². The van der Waals surface area contributed by atoms with Crippen molar-refractivity contribution in [1.82, 2.24) is 10.8 Å². The second-order valence-corrected chi connectivity index (χ2v) is 11.8. The summed E-state index contributed by atoms with van der Waals surface area (Å²) in [5.41, 5.74) is 0.572. The van der Waals surface area contributed by atoms with Crippen molar-refractivity contribution in [1.29, 1.82) is 0 Å². The highest BCUT2D eigenvalue weighted by Crippen LogP contribution is 2.27. The Morgan fingerprint density at radius 1 is 0.915 bits per heavy atom. The second-order valence-electron chi connectivity index (χ2n) is 11.8. The SMILES string of the molecule is CC#CCOc1ccc(C[C@H](NC(=O)[C@@H](C=CCCCCCCC(=O)CCCCCCC)[C@@](O)(CCC)C(=O)O)C(=O)NOC)cc1. The van der Waals surface area contributed by atoms with Gasteiger partial charge in [0.15, 0.2) is 5.60 Å². The predicted octanol–water partition coefficient (Wildman–Crippen LogP) is 5.85. The van der Waals surface area contributed by atoms with E-state index in [0.717, 1.165) is 38.5 Å². The highest BCUT2D eigenvalue weighted by Gasteiger charge is 2.46. The number of Topliss-reactive ketones (excluding diaryl/α,β-unsaturated/α-hetero) is 1. The summed E-state index contributed by atoms with van der Waals surface area (Å²) in [5.74, 6) is 2.10. The zero-order valence-corrected chi connectivity index (χ0v) is 28.8. The van der Waals surface area contributed by atoms with Gasteiger partial charge in [0.2, 0.25) is 5.91 Å². The molecule has 0 fully saturated rings. The number of unbranched alkanes of at least 4 members (excludes halogenated alkanes) is 8. The molecule has 47 heavy (non-hydrogen) atoms. The number of carboxylic acids is 1. The quantitative estimate of drug-likeness (QED) is 0.0420. The summed E-state index contributed by atoms with van der Waals surface area (Å²) in [5, 5.41) is 23.8. The molecular weight excluding hydrogens is 600 g/mol. The first-order valence-electron chi connectivity index (χ1n) is 17.0. The van der Waals surface area contributed by atoms with E-state index in [2.05, 4.69) is 29.6 Å². The van der Waals surface area contributed by atoms with Gasteiger partial charge in [0.05, 0.1) is 13.0 Å². The molecule has 0 bridgehead atoms. The summed E-state index contributed by atoms with van der Waals surface area (Å²) in [6.45, 7) is 5.85. The first-order chi connectivity index (χ1) is 22.6. The molecule has 0 aromatic heterocycles. The van der Waals surface area contributed by atoms with Crippen LogP contribution in [0.5, 0.6) is 5.75 Å². The fraction of sp³-hybridized carbons (Fsp3) is 0.622. The number of aliphatic carboxylic acids is 1. The molecule has 10 nitrogen and oxygen atoms in total. The van der Waals surface area contributed by atoms with Crippen LogP contribution in [-0.2, 0) is 30.4 Å². The van der Waals surface area contributed by atoms with E-state index in [1.54, 1.807) is 44.2 Å². The third-order valence-corrected chi connectivity index (χ3v) is 7.95. The van der Waals surface area contributed by atoms with Gasteiger partial charge in [-0.15, -0.1) is 5.92 Å². The van der Waals surface area contributed by atoms with Crippen LogP contribution in [-0.4, -0.2) is 59.1 Å². The minimum atomic E-state index is -2.37. The molecule has 0 aliphatic carbocycles. The Bertz CT molecular complexity index is 1170. The monoisotopic (exact) mass is 656 g/mol. The van der Waals surface area contributed by atoms with Crippen molar-refractivity contribution in [2.45, 2.75) is 129 Å². The van der Waals surface area contributed by atoms with Crippen LogP contribution in [0.3, 0.4) is 0 Å². The maximum atomic E-state index is 13.6. The van der Waals surface area contributed by atoms with Gasteiger partial charge in [-0.3, -0.25) is 19.2 Å². The fourth-order valence-electron chi connectivity index (χ4n) is 5.25. The second kappa shape index (κ2) is 24.5. The van der Waals surface area contributed by atoms with Gasteiger partial charge in [0.25, 0.3) is 5.91 Å². The molecule has 0 aliphatic rings. The number of carbonyl (C=O) groups excluding carboxylic acids is 3. The number of benzene rings is 1. The number of ketones is 1. The van der Waals surface area contributed by atoms with Crippen LogP contribution in [0.1, 0.15) is 116 Å². The van der Waals surface area contributed by atoms with Gasteiger partial charge in [-0.1, -0.05) is 89.0 Å². The lowest BCUT2D eigenvalue weighted by Crippen LogP contribution is -2.55. The number of ether oxygens (including phenoxy) is 1. The molecule has 2 amide bonds. The lowest BCUT2D eigenvalue weighted by atomic mass is 9.82. The van der Waals surface area contributed by atoms with Crippen LogP contribution in [0.15, 0.2) is 36.4 Å². The lowest BCUT2D eigenvalue weighted by Gasteiger charge is -2.31. The van der Waals surface area contributed by atoms with E-state index >= 15 is 0 Å². The van der Waals surface area contributed by atoms with Crippen molar-refractivity contribution < 1.29 is 39.0 Å². The van der Waals surface area contributed by atoms with Gasteiger partial charge in [0.1, 0.15) is 24.2 Å². The number of allylic oxidation sites excluding steroid dienone is 1. The first kappa shape index (κ1) is 41.3. The Morgan fingerprint density at radius 3 is 2.13 bits per heavy atom. The standard InChI is InChI=1S/C37H56N2O8/c1-5-8-10-13-16-19-30(40)20-17-14-11-12-15-18-21-32(37(45,26-7-3)36(43)44)34(41)38-33(35(42)39-46-4)28-29-22-24-31(25-23-29)47-27-9-6-2/h18,21-25,32-33,45H,5,7-8,10-17,19-20,26-28H2,1-4H3,(H,38,41)(H,39,42)(H,43,44)/t32-,33+,37+/m1/s1. The van der Waals surface area contributed by atoms with E-state index in [-0.39, 0.29) is 19.4 Å². The van der Waals surface area contributed by atoms with Crippen LogP contribution in [0.25, 0.3) is 0 Å². The van der Waals surface area contributed by atoms with Gasteiger partial charge in [-0.2, -0.15) is 0 Å². The Hall–Kier alpha value is -3.68. The molecule has 10 heteroatoms. The summed E-state index contributed by atoms with van der Waals surface area (Å²) < 4.78 is 5.53. The van der Waals surface area contributed by atoms with Crippen LogP contribution >= 0.6 is 0 Å². The van der Waals surface area contributed by atoms with Crippen molar-refractivity contribution in [3.8, 4) is 17.6 Å². The normalized spacial score (nSPS) is 13.6. The van der Waals surface area contributed by atoms with Crippen molar-refractivity contribution in [3.05, 3.63) is 42.0 Å². The van der Waals surface area contributed by atoms with Crippen LogP contribution in [0.2, 0.25) is 0 Å². The number of hydrogen-bond donors (Lipinski definition) is 4. The van der Waals surface area contributed by atoms with Crippen LogP contribution < -0.4 is 15.5 Å². The van der Waals surface area contributed by atoms with Crippen molar-refractivity contribution in [2.75, 3.05) is 13.7 Å². The number of hydroxylamine groups is 1. The molecule has 262 valence electrons. The Labute approximate surface area is 281 Å². The fourth-order valence-corrected chi connectivity index (χ4v) is 5.25. The smallest absolute Gasteiger partial charge is 0.336 e. The number of hydrogen-bond acceptors (Lipinski definition) is 7. The number of carboxylic acid groups (broad SMARTS) is 1. The number of aliphatic hydroxyl groups is 1. The zero-order chi connectivity index (χ0) is 34.9. The molecule has 4 N–H and O–H groups in total. The molecule has 1 aromatic rings. The van der Waals surface area contributed by atoms with E-state index in [1.165, 1.54) is 32.4 Å². The molecule has 0 heterocycles. The molecule has 0 spiro atoms. The highest BCUT2D eigenvalue weighted by molar-refractivity contribution is 5.93. The molecule has 0 unspecified atom stereocenters. The Balaban J connectivity index is 2.87. The van der Waals surface area contributed by atoms with E-state index in [0.29, 0.717) is 42.8 Å². The first-order valence-corrected chi connectivity index (χ1v) is 17.0. The van der Waals surface area contributed by atoms with Gasteiger partial charge in [-0.25, -0.2) is 10.3 Å². The Kier molecular flexibility index (Phi) is 21.5. The minimum absolute atomic E-state index is 0.0764. The maximum Gasteiger partial charge on any atom is 0.336 e. The van der Waals surface area contributed by atoms with E-state index < -0.39 is 35.3 Å². The van der Waals surface area contributed by atoms with E-state index in [1.807, 2.05) is 0 Å². The van der Waals surface area contributed by atoms with Crippen molar-refractivity contribution in [3.63, 3.8) is 0 Å². The van der Waals surface area contributed by atoms with Crippen LogP contribution in [0.4, 0.5) is 0 Å². The summed E-state index contributed by atoms with van der Waals surface area (Å²) in [7, 11) is 1.27. The molecule has 3 atom stereocenters. The topological polar surface area (TPSA) is 151 Å². The molecular formula is C37H56N2O8. The summed E-state index contributed by atoms with van der Waals surface area (Å²) in [6.07, 6.45) is 14.3. The number of rotatable bonds is 26. The summed E-state index contributed by atoms with van der Waals surface area (Å²) >= 11 is 0. The van der Waals surface area contributed by atoms with E-state index in [4.69, 9.17) is 9.57 Å². The Morgan fingerprint density at radius 2 is 1.55 bits per heavy atom. The number of amides is 2. The average Bonchev–Trinajstić information content (AvgIpc) is 3.04. The molecule has 0 saturated heterocycles. The van der Waals surface area contributed by atoms with Gasteiger partial charge in [-0.05, 0) is 56.7 Å². The molecule has 1 rings (SSSR count). The van der Waals surface area contributed by atoms with Gasteiger partial charge in [0, 0.05) is 19.3 Å².